The summed E-state index contributed by atoms with van der Waals surface area (Å²) in [6.45, 7) is 1.61. The Morgan fingerprint density at radius 1 is 1.00 bits per heavy atom. The molecule has 2 aromatic rings. The number of carbonyl (C=O) groups is 1. The number of benzene rings is 1. The SMILES string of the molecule is O=C(CCSCc1ccccn1)N1CCN(S(=O)(=O)c2ccc3c(c2)CCCC3)CC1. The van der Waals surface area contributed by atoms with Crippen LogP contribution in [0, 0.1) is 0 Å². The van der Waals surface area contributed by atoms with Crippen LogP contribution in [-0.2, 0) is 33.4 Å². The molecule has 1 fully saturated rings. The molecule has 1 aliphatic heterocycles. The minimum atomic E-state index is -3.51. The third-order valence-electron chi connectivity index (χ3n) is 5.99. The van der Waals surface area contributed by atoms with Gasteiger partial charge in [0, 0.05) is 50.3 Å². The zero-order valence-electron chi connectivity index (χ0n) is 17.7. The van der Waals surface area contributed by atoms with E-state index in [0.29, 0.717) is 37.5 Å². The van der Waals surface area contributed by atoms with Crippen LogP contribution in [0.5, 0.6) is 0 Å². The Morgan fingerprint density at radius 2 is 1.77 bits per heavy atom. The first-order chi connectivity index (χ1) is 15.0. The van der Waals surface area contributed by atoms with Gasteiger partial charge in [-0.1, -0.05) is 12.1 Å². The Bertz CT molecular complexity index is 1000. The van der Waals surface area contributed by atoms with Crippen molar-refractivity contribution in [1.82, 2.24) is 14.2 Å². The molecule has 1 aromatic heterocycles. The van der Waals surface area contributed by atoms with E-state index in [-0.39, 0.29) is 5.91 Å². The summed E-state index contributed by atoms with van der Waals surface area (Å²) in [5, 5.41) is 0. The summed E-state index contributed by atoms with van der Waals surface area (Å²) in [7, 11) is -3.51. The molecule has 0 bridgehead atoms. The van der Waals surface area contributed by atoms with Crippen LogP contribution >= 0.6 is 11.8 Å². The van der Waals surface area contributed by atoms with Gasteiger partial charge in [0.05, 0.1) is 10.6 Å². The lowest BCUT2D eigenvalue weighted by atomic mass is 9.92. The highest BCUT2D eigenvalue weighted by atomic mass is 32.2. The molecule has 1 aromatic carbocycles. The fourth-order valence-corrected chi connectivity index (χ4v) is 6.49. The number of nitrogens with zero attached hydrogens (tertiary/aromatic N) is 3. The molecule has 0 spiro atoms. The smallest absolute Gasteiger partial charge is 0.243 e. The molecule has 0 radical (unpaired) electrons. The van der Waals surface area contributed by atoms with Crippen molar-refractivity contribution in [3.63, 3.8) is 0 Å². The summed E-state index contributed by atoms with van der Waals surface area (Å²) in [6.07, 6.45) is 6.54. The lowest BCUT2D eigenvalue weighted by molar-refractivity contribution is -0.131. The summed E-state index contributed by atoms with van der Waals surface area (Å²) in [4.78, 5) is 19.0. The average Bonchev–Trinajstić information content (AvgIpc) is 2.82. The molecule has 0 N–H and O–H groups in total. The minimum Gasteiger partial charge on any atom is -0.340 e. The summed E-state index contributed by atoms with van der Waals surface area (Å²) < 4.78 is 27.7. The van der Waals surface area contributed by atoms with Crippen LogP contribution < -0.4 is 0 Å². The van der Waals surface area contributed by atoms with E-state index in [0.717, 1.165) is 36.5 Å². The highest BCUT2D eigenvalue weighted by molar-refractivity contribution is 7.98. The van der Waals surface area contributed by atoms with Crippen LogP contribution in [-0.4, -0.2) is 60.4 Å². The van der Waals surface area contributed by atoms with Crippen molar-refractivity contribution in [2.45, 2.75) is 42.8 Å². The fraction of sp³-hybridized carbons (Fsp3) is 0.478. The molecule has 31 heavy (non-hydrogen) atoms. The molecule has 0 unspecified atom stereocenters. The van der Waals surface area contributed by atoms with Crippen molar-refractivity contribution in [3.05, 3.63) is 59.4 Å². The Morgan fingerprint density at radius 3 is 2.52 bits per heavy atom. The van der Waals surface area contributed by atoms with Crippen molar-refractivity contribution >= 4 is 27.7 Å². The van der Waals surface area contributed by atoms with Crippen LogP contribution in [0.2, 0.25) is 0 Å². The monoisotopic (exact) mass is 459 g/mol. The van der Waals surface area contributed by atoms with Gasteiger partial charge in [-0.15, -0.1) is 0 Å². The first-order valence-corrected chi connectivity index (χ1v) is 13.5. The van der Waals surface area contributed by atoms with Gasteiger partial charge >= 0.3 is 0 Å². The molecular weight excluding hydrogens is 430 g/mol. The van der Waals surface area contributed by atoms with Gasteiger partial charge in [-0.25, -0.2) is 8.42 Å². The number of rotatable bonds is 7. The maximum atomic E-state index is 13.1. The number of aromatic nitrogens is 1. The molecule has 2 heterocycles. The predicted octanol–water partition coefficient (Wildman–Crippen LogP) is 3.12. The van der Waals surface area contributed by atoms with Crippen LogP contribution in [0.3, 0.4) is 0 Å². The summed E-state index contributed by atoms with van der Waals surface area (Å²) >= 11 is 1.70. The minimum absolute atomic E-state index is 0.0966. The molecule has 1 amide bonds. The number of piperazine rings is 1. The first kappa shape index (κ1) is 22.3. The van der Waals surface area contributed by atoms with Gasteiger partial charge in [0.15, 0.2) is 0 Å². The van der Waals surface area contributed by atoms with Gasteiger partial charge in [-0.3, -0.25) is 9.78 Å². The van der Waals surface area contributed by atoms with Gasteiger partial charge in [-0.2, -0.15) is 16.1 Å². The molecule has 166 valence electrons. The molecule has 8 heteroatoms. The standard InChI is InChI=1S/C23H29N3O3S2/c27-23(10-16-30-18-21-7-3-4-11-24-21)25-12-14-26(15-13-25)31(28,29)22-9-8-19-5-1-2-6-20(19)17-22/h3-4,7-9,11,17H,1-2,5-6,10,12-16,18H2. The fourth-order valence-electron chi connectivity index (χ4n) is 4.18. The maximum Gasteiger partial charge on any atom is 0.243 e. The second kappa shape index (κ2) is 10.1. The Labute approximate surface area is 189 Å². The number of fused-ring (bicyclic) bond motifs is 1. The molecule has 6 nitrogen and oxygen atoms in total. The van der Waals surface area contributed by atoms with Crippen molar-refractivity contribution < 1.29 is 13.2 Å². The molecule has 0 saturated carbocycles. The van der Waals surface area contributed by atoms with Gasteiger partial charge in [0.25, 0.3) is 0 Å². The van der Waals surface area contributed by atoms with Crippen LogP contribution in [0.1, 0.15) is 36.1 Å². The molecular formula is C23H29N3O3S2. The summed E-state index contributed by atoms with van der Waals surface area (Å²) in [6, 6.07) is 11.4. The number of amides is 1. The van der Waals surface area contributed by atoms with Gasteiger partial charge in [0.2, 0.25) is 15.9 Å². The number of thioether (sulfide) groups is 1. The Kier molecular flexibility index (Phi) is 7.30. The number of hydrogen-bond donors (Lipinski definition) is 0. The van der Waals surface area contributed by atoms with E-state index >= 15 is 0 Å². The highest BCUT2D eigenvalue weighted by Gasteiger charge is 2.30. The van der Waals surface area contributed by atoms with Crippen molar-refractivity contribution in [3.8, 4) is 0 Å². The van der Waals surface area contributed by atoms with E-state index in [9.17, 15) is 13.2 Å². The quantitative estimate of drug-likeness (QED) is 0.595. The van der Waals surface area contributed by atoms with E-state index < -0.39 is 10.0 Å². The topological polar surface area (TPSA) is 70.6 Å². The van der Waals surface area contributed by atoms with Gasteiger partial charge in [-0.05, 0) is 61.1 Å². The first-order valence-electron chi connectivity index (χ1n) is 10.9. The van der Waals surface area contributed by atoms with E-state index in [4.69, 9.17) is 0 Å². The third-order valence-corrected chi connectivity index (χ3v) is 8.87. The predicted molar refractivity (Wildman–Crippen MR) is 123 cm³/mol. The molecule has 0 atom stereocenters. The number of carbonyl (C=O) groups excluding carboxylic acids is 1. The largest absolute Gasteiger partial charge is 0.340 e. The maximum absolute atomic E-state index is 13.1. The second-order valence-electron chi connectivity index (χ2n) is 8.05. The number of hydrogen-bond acceptors (Lipinski definition) is 5. The van der Waals surface area contributed by atoms with E-state index in [2.05, 4.69) is 4.98 Å². The molecule has 4 rings (SSSR count). The van der Waals surface area contributed by atoms with Crippen LogP contribution in [0.15, 0.2) is 47.5 Å². The van der Waals surface area contributed by atoms with Crippen molar-refractivity contribution in [1.29, 1.82) is 0 Å². The van der Waals surface area contributed by atoms with E-state index in [1.165, 1.54) is 21.9 Å². The molecule has 2 aliphatic rings. The van der Waals surface area contributed by atoms with E-state index in [1.54, 1.807) is 28.9 Å². The average molecular weight is 460 g/mol. The zero-order chi connectivity index (χ0) is 21.7. The highest BCUT2D eigenvalue weighted by Crippen LogP contribution is 2.26. The van der Waals surface area contributed by atoms with Crippen molar-refractivity contribution in [2.75, 3.05) is 31.9 Å². The molecule has 1 saturated heterocycles. The van der Waals surface area contributed by atoms with Gasteiger partial charge in [0.1, 0.15) is 0 Å². The Hall–Kier alpha value is -1.90. The lowest BCUT2D eigenvalue weighted by Gasteiger charge is -2.34. The van der Waals surface area contributed by atoms with Crippen LogP contribution in [0.4, 0.5) is 0 Å². The molecule has 1 aliphatic carbocycles. The Balaban J connectivity index is 1.26. The number of pyridine rings is 1. The van der Waals surface area contributed by atoms with Gasteiger partial charge < -0.3 is 4.90 Å². The summed E-state index contributed by atoms with van der Waals surface area (Å²) in [5.74, 6) is 1.63. The second-order valence-corrected chi connectivity index (χ2v) is 11.1. The number of aryl methyl sites for hydroxylation is 2. The normalized spacial score (nSPS) is 17.4. The number of sulfonamides is 1. The third kappa shape index (κ3) is 5.48. The van der Waals surface area contributed by atoms with Crippen LogP contribution in [0.25, 0.3) is 0 Å². The zero-order valence-corrected chi connectivity index (χ0v) is 19.3. The summed E-state index contributed by atoms with van der Waals surface area (Å²) in [5.41, 5.74) is 3.46. The van der Waals surface area contributed by atoms with E-state index in [1.807, 2.05) is 30.3 Å². The lowest BCUT2D eigenvalue weighted by Crippen LogP contribution is -2.50. The van der Waals surface area contributed by atoms with Crippen molar-refractivity contribution in [2.24, 2.45) is 0 Å².